The van der Waals surface area contributed by atoms with Crippen molar-refractivity contribution >= 4 is 11.8 Å². The van der Waals surface area contributed by atoms with Crippen molar-refractivity contribution in [2.45, 2.75) is 26.9 Å². The van der Waals surface area contributed by atoms with Gasteiger partial charge < -0.3 is 10.1 Å². The summed E-state index contributed by atoms with van der Waals surface area (Å²) in [6.45, 7) is 5.80. The second-order valence-electron chi connectivity index (χ2n) is 4.17. The molecule has 0 bridgehead atoms. The smallest absolute Gasteiger partial charge is 0.310 e. The molecular formula is C12H16N4O2. The lowest BCUT2D eigenvalue weighted by Crippen LogP contribution is -2.25. The Morgan fingerprint density at radius 3 is 2.67 bits per heavy atom. The summed E-state index contributed by atoms with van der Waals surface area (Å²) in [6.07, 6.45) is 2.72. The highest BCUT2D eigenvalue weighted by molar-refractivity contribution is 5.72. The number of carbonyl (C=O) groups excluding carboxylic acids is 1. The van der Waals surface area contributed by atoms with Crippen LogP contribution in [0.5, 0.6) is 0 Å². The molecule has 0 aliphatic carbocycles. The molecule has 0 aliphatic heterocycles. The van der Waals surface area contributed by atoms with Crippen LogP contribution in [0.2, 0.25) is 0 Å². The van der Waals surface area contributed by atoms with Crippen LogP contribution in [-0.4, -0.2) is 28.6 Å². The molecule has 1 unspecified atom stereocenters. The first-order valence-electron chi connectivity index (χ1n) is 5.69. The second-order valence-corrected chi connectivity index (χ2v) is 4.17. The topological polar surface area (TPSA) is 87.9 Å². The van der Waals surface area contributed by atoms with Crippen LogP contribution < -0.4 is 5.32 Å². The molecule has 6 nitrogen and oxygen atoms in total. The molecule has 0 radical (unpaired) electrons. The highest BCUT2D eigenvalue weighted by Gasteiger charge is 2.15. The van der Waals surface area contributed by atoms with E-state index in [1.807, 2.05) is 19.9 Å². The van der Waals surface area contributed by atoms with Gasteiger partial charge in [0.2, 0.25) is 0 Å². The van der Waals surface area contributed by atoms with E-state index in [0.29, 0.717) is 12.4 Å². The molecule has 0 spiro atoms. The van der Waals surface area contributed by atoms with Gasteiger partial charge in [-0.1, -0.05) is 6.92 Å². The molecule has 18 heavy (non-hydrogen) atoms. The van der Waals surface area contributed by atoms with E-state index in [1.165, 1.54) is 12.4 Å². The summed E-state index contributed by atoms with van der Waals surface area (Å²) in [5, 5.41) is 11.5. The number of hydrogen-bond donors (Lipinski definition) is 1. The summed E-state index contributed by atoms with van der Waals surface area (Å²) in [7, 11) is 0. The van der Waals surface area contributed by atoms with Gasteiger partial charge in [-0.25, -0.2) is 9.97 Å². The highest BCUT2D eigenvalue weighted by atomic mass is 16.5. The number of aromatic nitrogens is 2. The van der Waals surface area contributed by atoms with Crippen molar-refractivity contribution in [3.8, 4) is 6.07 Å². The molecule has 0 aromatic carbocycles. The van der Waals surface area contributed by atoms with Crippen LogP contribution in [0.4, 0.5) is 5.82 Å². The summed E-state index contributed by atoms with van der Waals surface area (Å²) in [5.41, 5.74) is 0.257. The number of nitrogens with one attached hydrogen (secondary N) is 1. The van der Waals surface area contributed by atoms with E-state index in [0.717, 1.165) is 0 Å². The summed E-state index contributed by atoms with van der Waals surface area (Å²) in [5.74, 6) is 0.00199. The van der Waals surface area contributed by atoms with Crippen molar-refractivity contribution in [1.82, 2.24) is 9.97 Å². The van der Waals surface area contributed by atoms with Crippen molar-refractivity contribution in [3.05, 3.63) is 18.1 Å². The molecule has 1 rings (SSSR count). The van der Waals surface area contributed by atoms with E-state index in [1.54, 1.807) is 6.92 Å². The molecule has 6 heteroatoms. The Labute approximate surface area is 106 Å². The fourth-order valence-corrected chi connectivity index (χ4v) is 1.17. The standard InChI is InChI=1S/C12H16N4O2/c1-8(2)18-12(17)9(3)5-15-11-7-14-10(4-13)6-16-11/h6-9H,5H2,1-3H3,(H,15,16). The molecule has 0 aliphatic rings. The van der Waals surface area contributed by atoms with Crippen LogP contribution in [-0.2, 0) is 9.53 Å². The van der Waals surface area contributed by atoms with Crippen LogP contribution in [0, 0.1) is 17.2 Å². The van der Waals surface area contributed by atoms with Crippen molar-refractivity contribution in [1.29, 1.82) is 5.26 Å². The number of ether oxygens (including phenoxy) is 1. The number of hydrogen-bond acceptors (Lipinski definition) is 6. The van der Waals surface area contributed by atoms with Gasteiger partial charge in [-0.2, -0.15) is 5.26 Å². The zero-order valence-electron chi connectivity index (χ0n) is 10.7. The van der Waals surface area contributed by atoms with Gasteiger partial charge in [0.05, 0.1) is 24.4 Å². The predicted octanol–water partition coefficient (Wildman–Crippen LogP) is 1.35. The molecule has 0 saturated heterocycles. The minimum atomic E-state index is -0.273. The molecule has 1 aromatic heterocycles. The lowest BCUT2D eigenvalue weighted by Gasteiger charge is -2.14. The van der Waals surface area contributed by atoms with Crippen LogP contribution in [0.15, 0.2) is 12.4 Å². The third-order valence-corrected chi connectivity index (χ3v) is 2.11. The minimum Gasteiger partial charge on any atom is -0.463 e. The lowest BCUT2D eigenvalue weighted by atomic mass is 10.2. The molecule has 1 atom stereocenters. The van der Waals surface area contributed by atoms with Gasteiger partial charge in [-0.05, 0) is 13.8 Å². The number of esters is 1. The molecule has 0 amide bonds. The zero-order valence-corrected chi connectivity index (χ0v) is 10.7. The summed E-state index contributed by atoms with van der Waals surface area (Å²) in [4.78, 5) is 19.4. The van der Waals surface area contributed by atoms with Gasteiger partial charge in [0.25, 0.3) is 0 Å². The Balaban J connectivity index is 2.44. The Kier molecular flexibility index (Phi) is 5.06. The Morgan fingerprint density at radius 2 is 2.17 bits per heavy atom. The van der Waals surface area contributed by atoms with Crippen LogP contribution in [0.25, 0.3) is 0 Å². The van der Waals surface area contributed by atoms with E-state index < -0.39 is 0 Å². The summed E-state index contributed by atoms with van der Waals surface area (Å²) in [6, 6.07) is 1.88. The van der Waals surface area contributed by atoms with Crippen molar-refractivity contribution < 1.29 is 9.53 Å². The van der Waals surface area contributed by atoms with E-state index in [-0.39, 0.29) is 23.7 Å². The van der Waals surface area contributed by atoms with Gasteiger partial charge in [-0.15, -0.1) is 0 Å². The number of anilines is 1. The van der Waals surface area contributed by atoms with Crippen LogP contribution in [0.1, 0.15) is 26.5 Å². The average Bonchev–Trinajstić information content (AvgIpc) is 2.35. The monoisotopic (exact) mass is 248 g/mol. The number of nitrogens with zero attached hydrogens (tertiary/aromatic N) is 3. The molecule has 0 saturated carbocycles. The highest BCUT2D eigenvalue weighted by Crippen LogP contribution is 2.05. The molecule has 1 aromatic rings. The van der Waals surface area contributed by atoms with Crippen molar-refractivity contribution in [2.24, 2.45) is 5.92 Å². The van der Waals surface area contributed by atoms with Gasteiger partial charge in [-0.3, -0.25) is 4.79 Å². The maximum absolute atomic E-state index is 11.5. The van der Waals surface area contributed by atoms with Gasteiger partial charge >= 0.3 is 5.97 Å². The quantitative estimate of drug-likeness (QED) is 0.791. The minimum absolute atomic E-state index is 0.116. The maximum atomic E-state index is 11.5. The molecule has 96 valence electrons. The fraction of sp³-hybridized carbons (Fsp3) is 0.500. The third kappa shape index (κ3) is 4.37. The number of rotatable bonds is 5. The van der Waals surface area contributed by atoms with Gasteiger partial charge in [0.15, 0.2) is 5.69 Å². The average molecular weight is 248 g/mol. The maximum Gasteiger partial charge on any atom is 0.310 e. The SMILES string of the molecule is CC(C)OC(=O)C(C)CNc1cnc(C#N)cn1. The third-order valence-electron chi connectivity index (χ3n) is 2.11. The van der Waals surface area contributed by atoms with E-state index in [9.17, 15) is 4.79 Å². The normalized spacial score (nSPS) is 11.7. The summed E-state index contributed by atoms with van der Waals surface area (Å²) < 4.78 is 5.08. The molecular weight excluding hydrogens is 232 g/mol. The first-order chi connectivity index (χ1) is 8.52. The first kappa shape index (κ1) is 13.9. The molecule has 0 fully saturated rings. The predicted molar refractivity (Wildman–Crippen MR) is 65.6 cm³/mol. The van der Waals surface area contributed by atoms with Crippen LogP contribution >= 0.6 is 0 Å². The van der Waals surface area contributed by atoms with Crippen molar-refractivity contribution in [2.75, 3.05) is 11.9 Å². The second kappa shape index (κ2) is 6.55. The van der Waals surface area contributed by atoms with Crippen molar-refractivity contribution in [3.63, 3.8) is 0 Å². The number of nitriles is 1. The summed E-state index contributed by atoms with van der Waals surface area (Å²) >= 11 is 0. The van der Waals surface area contributed by atoms with E-state index >= 15 is 0 Å². The van der Waals surface area contributed by atoms with Gasteiger partial charge in [0.1, 0.15) is 11.9 Å². The molecule has 1 N–H and O–H groups in total. The zero-order chi connectivity index (χ0) is 13.5. The Morgan fingerprint density at radius 1 is 1.44 bits per heavy atom. The first-order valence-corrected chi connectivity index (χ1v) is 5.69. The number of carbonyl (C=O) groups is 1. The van der Waals surface area contributed by atoms with Gasteiger partial charge in [0, 0.05) is 6.54 Å². The molecule has 1 heterocycles. The lowest BCUT2D eigenvalue weighted by molar-refractivity contribution is -0.151. The fourth-order valence-electron chi connectivity index (χ4n) is 1.17. The van der Waals surface area contributed by atoms with Crippen LogP contribution in [0.3, 0.4) is 0 Å². The van der Waals surface area contributed by atoms with E-state index in [4.69, 9.17) is 10.00 Å². The van der Waals surface area contributed by atoms with E-state index in [2.05, 4.69) is 15.3 Å². The Bertz CT molecular complexity index is 436. The Hall–Kier alpha value is -2.16. The largest absolute Gasteiger partial charge is 0.463 e.